The van der Waals surface area contributed by atoms with Gasteiger partial charge in [0, 0.05) is 18.3 Å². The van der Waals surface area contributed by atoms with E-state index in [0.29, 0.717) is 24.8 Å². The number of benzene rings is 1. The van der Waals surface area contributed by atoms with E-state index in [1.807, 2.05) is 13.8 Å². The van der Waals surface area contributed by atoms with Crippen LogP contribution in [0.25, 0.3) is 0 Å². The molecule has 0 bridgehead atoms. The van der Waals surface area contributed by atoms with Crippen molar-refractivity contribution < 1.29 is 18.3 Å². The summed E-state index contributed by atoms with van der Waals surface area (Å²) in [6.45, 7) is 4.49. The van der Waals surface area contributed by atoms with E-state index in [-0.39, 0.29) is 17.5 Å². The molecular formula is C14H23NO4S. The molecule has 114 valence electrons. The Kier molecular flexibility index (Phi) is 6.45. The zero-order valence-electron chi connectivity index (χ0n) is 12.2. The molecule has 1 rings (SSSR count). The number of hydrogen-bond donors (Lipinski definition) is 2. The summed E-state index contributed by atoms with van der Waals surface area (Å²) in [6.07, 6.45) is 1.82. The Balaban J connectivity index is 2.54. The lowest BCUT2D eigenvalue weighted by molar-refractivity contribution is 0.202. The lowest BCUT2D eigenvalue weighted by Crippen LogP contribution is -2.38. The first-order valence-electron chi connectivity index (χ1n) is 6.62. The van der Waals surface area contributed by atoms with Crippen molar-refractivity contribution in [2.24, 2.45) is 0 Å². The van der Waals surface area contributed by atoms with Crippen LogP contribution in [-0.4, -0.2) is 45.1 Å². The minimum Gasteiger partial charge on any atom is -0.493 e. The van der Waals surface area contributed by atoms with Gasteiger partial charge in [-0.05, 0) is 24.6 Å². The van der Waals surface area contributed by atoms with Gasteiger partial charge < -0.3 is 15.2 Å². The van der Waals surface area contributed by atoms with Gasteiger partial charge >= 0.3 is 0 Å². The van der Waals surface area contributed by atoms with Crippen LogP contribution in [0.1, 0.15) is 20.3 Å². The van der Waals surface area contributed by atoms with Crippen LogP contribution < -0.4 is 10.1 Å². The zero-order valence-corrected chi connectivity index (χ0v) is 13.0. The molecule has 5 nitrogen and oxygen atoms in total. The van der Waals surface area contributed by atoms with Gasteiger partial charge in [-0.15, -0.1) is 0 Å². The van der Waals surface area contributed by atoms with Crippen molar-refractivity contribution in [3.63, 3.8) is 0 Å². The Labute approximate surface area is 120 Å². The van der Waals surface area contributed by atoms with Crippen molar-refractivity contribution >= 4 is 9.84 Å². The molecule has 0 fully saturated rings. The fraction of sp³-hybridized carbons (Fsp3) is 0.571. The fourth-order valence-corrected chi connectivity index (χ4v) is 2.47. The highest BCUT2D eigenvalue weighted by molar-refractivity contribution is 7.90. The SMILES string of the molecule is CC(C)NC(CO)CCOc1cccc(S(C)(=O)=O)c1. The summed E-state index contributed by atoms with van der Waals surface area (Å²) in [6, 6.07) is 6.70. The third-order valence-corrected chi connectivity index (χ3v) is 3.87. The second-order valence-corrected chi connectivity index (χ2v) is 7.10. The Morgan fingerprint density at radius 1 is 1.35 bits per heavy atom. The zero-order chi connectivity index (χ0) is 15.2. The molecule has 6 heteroatoms. The highest BCUT2D eigenvalue weighted by Crippen LogP contribution is 2.17. The molecule has 0 aliphatic rings. The van der Waals surface area contributed by atoms with Crippen LogP contribution in [0.5, 0.6) is 5.75 Å². The van der Waals surface area contributed by atoms with Gasteiger partial charge in [0.25, 0.3) is 0 Å². The molecule has 1 atom stereocenters. The Bertz CT molecular complexity index is 514. The first-order chi connectivity index (χ1) is 9.32. The predicted octanol–water partition coefficient (Wildman–Crippen LogP) is 1.22. The van der Waals surface area contributed by atoms with Gasteiger partial charge in [-0.25, -0.2) is 8.42 Å². The number of aliphatic hydroxyl groups excluding tert-OH is 1. The summed E-state index contributed by atoms with van der Waals surface area (Å²) in [7, 11) is -3.22. The van der Waals surface area contributed by atoms with E-state index in [1.165, 1.54) is 12.3 Å². The molecule has 1 unspecified atom stereocenters. The van der Waals surface area contributed by atoms with E-state index in [1.54, 1.807) is 18.2 Å². The average Bonchev–Trinajstić information content (AvgIpc) is 2.36. The van der Waals surface area contributed by atoms with Gasteiger partial charge in [0.1, 0.15) is 5.75 Å². The second-order valence-electron chi connectivity index (χ2n) is 5.09. The molecule has 0 saturated heterocycles. The van der Waals surface area contributed by atoms with Crippen LogP contribution in [0.15, 0.2) is 29.2 Å². The van der Waals surface area contributed by atoms with E-state index in [4.69, 9.17) is 4.74 Å². The molecule has 0 radical (unpaired) electrons. The van der Waals surface area contributed by atoms with Crippen LogP contribution in [0.4, 0.5) is 0 Å². The van der Waals surface area contributed by atoms with Crippen molar-refractivity contribution in [3.8, 4) is 5.75 Å². The maximum absolute atomic E-state index is 11.4. The van der Waals surface area contributed by atoms with Crippen LogP contribution in [0, 0.1) is 0 Å². The quantitative estimate of drug-likeness (QED) is 0.755. The van der Waals surface area contributed by atoms with E-state index >= 15 is 0 Å². The van der Waals surface area contributed by atoms with Gasteiger partial charge in [0.2, 0.25) is 0 Å². The van der Waals surface area contributed by atoms with E-state index in [0.717, 1.165) is 0 Å². The number of aliphatic hydroxyl groups is 1. The molecule has 0 saturated carbocycles. The standard InChI is InChI=1S/C14H23NO4S/c1-11(2)15-12(10-16)7-8-19-13-5-4-6-14(9-13)20(3,17)18/h4-6,9,11-12,15-16H,7-8,10H2,1-3H3. The molecule has 0 amide bonds. The van der Waals surface area contributed by atoms with E-state index in [9.17, 15) is 13.5 Å². The lowest BCUT2D eigenvalue weighted by atomic mass is 10.2. The monoisotopic (exact) mass is 301 g/mol. The molecule has 0 spiro atoms. The van der Waals surface area contributed by atoms with Crippen molar-refractivity contribution in [3.05, 3.63) is 24.3 Å². The second kappa shape index (κ2) is 7.61. The van der Waals surface area contributed by atoms with E-state index < -0.39 is 9.84 Å². The summed E-state index contributed by atoms with van der Waals surface area (Å²) in [4.78, 5) is 0.244. The number of ether oxygens (including phenoxy) is 1. The maximum atomic E-state index is 11.4. The van der Waals surface area contributed by atoms with Crippen molar-refractivity contribution in [1.82, 2.24) is 5.32 Å². The van der Waals surface area contributed by atoms with Gasteiger partial charge in [0.15, 0.2) is 9.84 Å². The van der Waals surface area contributed by atoms with E-state index in [2.05, 4.69) is 5.32 Å². The summed E-state index contributed by atoms with van der Waals surface area (Å²) >= 11 is 0. The van der Waals surface area contributed by atoms with Crippen LogP contribution in [0.3, 0.4) is 0 Å². The van der Waals surface area contributed by atoms with Crippen LogP contribution in [-0.2, 0) is 9.84 Å². The minimum absolute atomic E-state index is 0.0203. The highest BCUT2D eigenvalue weighted by atomic mass is 32.2. The van der Waals surface area contributed by atoms with Gasteiger partial charge in [-0.1, -0.05) is 19.9 Å². The molecule has 0 aromatic heterocycles. The fourth-order valence-electron chi connectivity index (χ4n) is 1.81. The van der Waals surface area contributed by atoms with Gasteiger partial charge in [0.05, 0.1) is 18.1 Å². The largest absolute Gasteiger partial charge is 0.493 e. The van der Waals surface area contributed by atoms with Crippen molar-refractivity contribution in [2.75, 3.05) is 19.5 Å². The summed E-state index contributed by atoms with van der Waals surface area (Å²) in [5, 5.41) is 12.5. The molecule has 1 aromatic rings. The number of hydrogen-bond acceptors (Lipinski definition) is 5. The molecule has 20 heavy (non-hydrogen) atoms. The predicted molar refractivity (Wildman–Crippen MR) is 78.8 cm³/mol. The summed E-state index contributed by atoms with van der Waals surface area (Å²) < 4.78 is 28.4. The third-order valence-electron chi connectivity index (χ3n) is 2.76. The molecule has 0 aliphatic carbocycles. The van der Waals surface area contributed by atoms with Gasteiger partial charge in [-0.3, -0.25) is 0 Å². The molecule has 0 heterocycles. The smallest absolute Gasteiger partial charge is 0.175 e. The topological polar surface area (TPSA) is 75.6 Å². The van der Waals surface area contributed by atoms with Crippen molar-refractivity contribution in [2.45, 2.75) is 37.2 Å². The summed E-state index contributed by atoms with van der Waals surface area (Å²) in [5.74, 6) is 0.522. The minimum atomic E-state index is -3.22. The Morgan fingerprint density at radius 3 is 2.60 bits per heavy atom. The Hall–Kier alpha value is -1.11. The number of nitrogens with one attached hydrogen (secondary N) is 1. The Morgan fingerprint density at radius 2 is 2.05 bits per heavy atom. The first kappa shape index (κ1) is 16.9. The van der Waals surface area contributed by atoms with Crippen LogP contribution >= 0.6 is 0 Å². The molecular weight excluding hydrogens is 278 g/mol. The lowest BCUT2D eigenvalue weighted by Gasteiger charge is -2.19. The third kappa shape index (κ3) is 5.90. The number of rotatable bonds is 8. The molecule has 1 aromatic carbocycles. The van der Waals surface area contributed by atoms with Gasteiger partial charge in [-0.2, -0.15) is 0 Å². The summed E-state index contributed by atoms with van der Waals surface area (Å²) in [5.41, 5.74) is 0. The number of sulfone groups is 1. The first-order valence-corrected chi connectivity index (χ1v) is 8.52. The average molecular weight is 301 g/mol. The van der Waals surface area contributed by atoms with Crippen molar-refractivity contribution in [1.29, 1.82) is 0 Å². The normalized spacial score (nSPS) is 13.4. The van der Waals surface area contributed by atoms with Crippen LogP contribution in [0.2, 0.25) is 0 Å². The highest BCUT2D eigenvalue weighted by Gasteiger charge is 2.10. The molecule has 0 aliphatic heterocycles. The maximum Gasteiger partial charge on any atom is 0.175 e. The molecule has 2 N–H and O–H groups in total.